The van der Waals surface area contributed by atoms with Crippen LogP contribution >= 0.6 is 15.9 Å². The summed E-state index contributed by atoms with van der Waals surface area (Å²) >= 11 is 3.55. The van der Waals surface area contributed by atoms with Gasteiger partial charge in [-0.2, -0.15) is 0 Å². The fourth-order valence-corrected chi connectivity index (χ4v) is 2.40. The topological polar surface area (TPSA) is 16.1 Å². The van der Waals surface area contributed by atoms with Crippen LogP contribution in [0.3, 0.4) is 0 Å². The molecule has 2 rings (SSSR count). The number of hydrogen-bond acceptors (Lipinski definition) is 2. The maximum Gasteiger partial charge on any atom is 0.142 e. The van der Waals surface area contributed by atoms with Crippen LogP contribution in [0.1, 0.15) is 18.4 Å². The second-order valence-corrected chi connectivity index (χ2v) is 4.37. The molecule has 0 bridgehead atoms. The van der Waals surface area contributed by atoms with Gasteiger partial charge in [0.15, 0.2) is 0 Å². The number of aryl methyl sites for hydroxylation is 1. The van der Waals surface area contributed by atoms with E-state index in [-0.39, 0.29) is 0 Å². The molecular formula is C10H13BrN2. The van der Waals surface area contributed by atoms with Crippen molar-refractivity contribution < 1.29 is 0 Å². The predicted molar refractivity (Wildman–Crippen MR) is 58.1 cm³/mol. The summed E-state index contributed by atoms with van der Waals surface area (Å²) in [6, 6.07) is 2.13. The van der Waals surface area contributed by atoms with Gasteiger partial charge in [0.25, 0.3) is 0 Å². The van der Waals surface area contributed by atoms with Gasteiger partial charge in [0.1, 0.15) is 5.82 Å². The SMILES string of the molecule is Cc1cnc(N2CCCC2)c(Br)c1. The van der Waals surface area contributed by atoms with Crippen molar-refractivity contribution in [1.82, 2.24) is 4.98 Å². The molecule has 0 aliphatic carbocycles. The quantitative estimate of drug-likeness (QED) is 0.751. The molecule has 3 heteroatoms. The van der Waals surface area contributed by atoms with E-state index in [0.29, 0.717) is 0 Å². The molecule has 1 aliphatic heterocycles. The fraction of sp³-hybridized carbons (Fsp3) is 0.500. The van der Waals surface area contributed by atoms with Crippen LogP contribution in [-0.2, 0) is 0 Å². The summed E-state index contributed by atoms with van der Waals surface area (Å²) < 4.78 is 1.12. The minimum absolute atomic E-state index is 1.10. The van der Waals surface area contributed by atoms with Gasteiger partial charge < -0.3 is 4.90 Å². The van der Waals surface area contributed by atoms with Gasteiger partial charge in [-0.3, -0.25) is 0 Å². The Morgan fingerprint density at radius 2 is 2.08 bits per heavy atom. The summed E-state index contributed by atoms with van der Waals surface area (Å²) in [5.74, 6) is 1.10. The zero-order valence-corrected chi connectivity index (χ0v) is 9.34. The maximum absolute atomic E-state index is 4.44. The molecule has 1 fully saturated rings. The molecule has 70 valence electrons. The lowest BCUT2D eigenvalue weighted by atomic mass is 10.3. The predicted octanol–water partition coefficient (Wildman–Crippen LogP) is 2.75. The second kappa shape index (κ2) is 3.66. The van der Waals surface area contributed by atoms with Crippen molar-refractivity contribution in [3.63, 3.8) is 0 Å². The molecule has 1 saturated heterocycles. The van der Waals surface area contributed by atoms with Crippen LogP contribution in [0.4, 0.5) is 5.82 Å². The van der Waals surface area contributed by atoms with Gasteiger partial charge in [0.05, 0.1) is 4.47 Å². The number of nitrogens with zero attached hydrogens (tertiary/aromatic N) is 2. The summed E-state index contributed by atoms with van der Waals surface area (Å²) in [6.07, 6.45) is 4.52. The number of anilines is 1. The third-order valence-corrected chi connectivity index (χ3v) is 2.95. The minimum Gasteiger partial charge on any atom is -0.356 e. The van der Waals surface area contributed by atoms with Crippen LogP contribution in [0, 0.1) is 6.92 Å². The van der Waals surface area contributed by atoms with Gasteiger partial charge in [-0.25, -0.2) is 4.98 Å². The Bertz CT molecular complexity index is 306. The van der Waals surface area contributed by atoms with Crippen LogP contribution in [0.15, 0.2) is 16.7 Å². The Labute approximate surface area is 87.1 Å². The smallest absolute Gasteiger partial charge is 0.142 e. The third kappa shape index (κ3) is 1.85. The molecule has 2 nitrogen and oxygen atoms in total. The van der Waals surface area contributed by atoms with Crippen molar-refractivity contribution >= 4 is 21.7 Å². The van der Waals surface area contributed by atoms with Crippen molar-refractivity contribution in [2.45, 2.75) is 19.8 Å². The van der Waals surface area contributed by atoms with Crippen LogP contribution < -0.4 is 4.90 Å². The average molecular weight is 241 g/mol. The molecule has 1 aromatic rings. The first kappa shape index (κ1) is 9.00. The van der Waals surface area contributed by atoms with E-state index in [0.717, 1.165) is 23.4 Å². The summed E-state index contributed by atoms with van der Waals surface area (Å²) in [5.41, 5.74) is 1.20. The largest absolute Gasteiger partial charge is 0.356 e. The van der Waals surface area contributed by atoms with Crippen LogP contribution in [-0.4, -0.2) is 18.1 Å². The van der Waals surface area contributed by atoms with Gasteiger partial charge in [-0.15, -0.1) is 0 Å². The Balaban J connectivity index is 2.29. The van der Waals surface area contributed by atoms with Gasteiger partial charge in [0, 0.05) is 19.3 Å². The van der Waals surface area contributed by atoms with E-state index in [4.69, 9.17) is 0 Å². The number of halogens is 1. The summed E-state index contributed by atoms with van der Waals surface area (Å²) in [7, 11) is 0. The molecule has 0 unspecified atom stereocenters. The van der Waals surface area contributed by atoms with E-state index in [1.165, 1.54) is 18.4 Å². The summed E-state index contributed by atoms with van der Waals surface area (Å²) in [5, 5.41) is 0. The van der Waals surface area contributed by atoms with Crippen molar-refractivity contribution in [3.8, 4) is 0 Å². The normalized spacial score (nSPS) is 16.6. The monoisotopic (exact) mass is 240 g/mol. The van der Waals surface area contributed by atoms with Crippen molar-refractivity contribution in [1.29, 1.82) is 0 Å². The molecule has 2 heterocycles. The van der Waals surface area contributed by atoms with Gasteiger partial charge in [-0.1, -0.05) is 0 Å². The fourth-order valence-electron chi connectivity index (χ4n) is 1.69. The highest BCUT2D eigenvalue weighted by atomic mass is 79.9. The summed E-state index contributed by atoms with van der Waals surface area (Å²) in [6.45, 7) is 4.36. The molecular weight excluding hydrogens is 228 g/mol. The molecule has 0 spiro atoms. The first-order valence-electron chi connectivity index (χ1n) is 4.64. The Morgan fingerprint density at radius 1 is 1.38 bits per heavy atom. The number of pyridine rings is 1. The molecule has 0 atom stereocenters. The zero-order chi connectivity index (χ0) is 9.26. The maximum atomic E-state index is 4.44. The highest BCUT2D eigenvalue weighted by Gasteiger charge is 2.15. The van der Waals surface area contributed by atoms with Gasteiger partial charge in [-0.05, 0) is 47.3 Å². The third-order valence-electron chi connectivity index (χ3n) is 2.36. The van der Waals surface area contributed by atoms with Crippen LogP contribution in [0.2, 0.25) is 0 Å². The minimum atomic E-state index is 1.10. The molecule has 0 amide bonds. The number of aromatic nitrogens is 1. The Kier molecular flexibility index (Phi) is 2.54. The summed E-state index contributed by atoms with van der Waals surface area (Å²) in [4.78, 5) is 6.78. The Morgan fingerprint density at radius 3 is 2.69 bits per heavy atom. The molecule has 13 heavy (non-hydrogen) atoms. The van der Waals surface area contributed by atoms with E-state index < -0.39 is 0 Å². The van der Waals surface area contributed by atoms with E-state index in [2.05, 4.69) is 38.8 Å². The van der Waals surface area contributed by atoms with Crippen LogP contribution in [0.5, 0.6) is 0 Å². The van der Waals surface area contributed by atoms with Crippen molar-refractivity contribution in [2.75, 3.05) is 18.0 Å². The van der Waals surface area contributed by atoms with E-state index in [9.17, 15) is 0 Å². The standard InChI is InChI=1S/C10H13BrN2/c1-8-6-9(11)10(12-7-8)13-4-2-3-5-13/h6-7H,2-5H2,1H3. The molecule has 0 N–H and O–H groups in total. The highest BCUT2D eigenvalue weighted by molar-refractivity contribution is 9.10. The first-order valence-corrected chi connectivity index (χ1v) is 5.44. The molecule has 0 radical (unpaired) electrons. The van der Waals surface area contributed by atoms with Crippen molar-refractivity contribution in [2.24, 2.45) is 0 Å². The van der Waals surface area contributed by atoms with Gasteiger partial charge in [0.2, 0.25) is 0 Å². The lowest BCUT2D eigenvalue weighted by molar-refractivity contribution is 0.930. The highest BCUT2D eigenvalue weighted by Crippen LogP contribution is 2.26. The van der Waals surface area contributed by atoms with E-state index in [1.54, 1.807) is 0 Å². The molecule has 1 aromatic heterocycles. The van der Waals surface area contributed by atoms with Crippen LogP contribution in [0.25, 0.3) is 0 Å². The Hall–Kier alpha value is -0.570. The second-order valence-electron chi connectivity index (χ2n) is 3.51. The lowest BCUT2D eigenvalue weighted by Gasteiger charge is -2.17. The molecule has 0 aromatic carbocycles. The lowest BCUT2D eigenvalue weighted by Crippen LogP contribution is -2.19. The average Bonchev–Trinajstić information content (AvgIpc) is 2.56. The van der Waals surface area contributed by atoms with E-state index in [1.807, 2.05) is 6.20 Å². The number of rotatable bonds is 1. The van der Waals surface area contributed by atoms with E-state index >= 15 is 0 Å². The zero-order valence-electron chi connectivity index (χ0n) is 7.76. The molecule has 0 saturated carbocycles. The molecule has 1 aliphatic rings. The van der Waals surface area contributed by atoms with Crippen molar-refractivity contribution in [3.05, 3.63) is 22.3 Å². The first-order chi connectivity index (χ1) is 6.27. The van der Waals surface area contributed by atoms with Gasteiger partial charge >= 0.3 is 0 Å². The number of hydrogen-bond donors (Lipinski definition) is 0.